The molecular weight excluding hydrogens is 494 g/mol. The third-order valence-electron chi connectivity index (χ3n) is 4.63. The topological polar surface area (TPSA) is 79.8 Å². The van der Waals surface area contributed by atoms with Crippen LogP contribution in [-0.4, -0.2) is 20.9 Å². The number of carbonyl (C=O) groups is 1. The van der Waals surface area contributed by atoms with Crippen LogP contribution in [0.1, 0.15) is 20.8 Å². The third kappa shape index (κ3) is 5.15. The molecule has 34 heavy (non-hydrogen) atoms. The number of rotatable bonds is 5. The Labute approximate surface area is 199 Å². The maximum Gasteiger partial charge on any atom is 0.419 e. The van der Waals surface area contributed by atoms with Crippen LogP contribution >= 0.6 is 22.9 Å². The van der Waals surface area contributed by atoms with Crippen molar-refractivity contribution < 1.29 is 22.4 Å². The predicted molar refractivity (Wildman–Crippen MR) is 122 cm³/mol. The fraction of sp³-hybridized carbons (Fsp3) is 0.0909. The molecule has 0 unspecified atom stereocenters. The highest BCUT2D eigenvalue weighted by molar-refractivity contribution is 7.16. The number of halogens is 5. The van der Waals surface area contributed by atoms with Gasteiger partial charge >= 0.3 is 6.18 Å². The molecule has 2 aromatic carbocycles. The van der Waals surface area contributed by atoms with E-state index in [2.05, 4.69) is 25.6 Å². The van der Waals surface area contributed by atoms with Gasteiger partial charge in [0.25, 0.3) is 5.91 Å². The van der Waals surface area contributed by atoms with Gasteiger partial charge in [0.15, 0.2) is 5.13 Å². The lowest BCUT2D eigenvalue weighted by Gasteiger charge is -2.10. The minimum Gasteiger partial charge on any atom is -0.340 e. The molecule has 2 N–H and O–H groups in total. The van der Waals surface area contributed by atoms with Crippen molar-refractivity contribution in [3.8, 4) is 11.3 Å². The third-order valence-corrected chi connectivity index (χ3v) is 5.72. The van der Waals surface area contributed by atoms with Gasteiger partial charge in [-0.25, -0.2) is 19.3 Å². The molecule has 2 heterocycles. The van der Waals surface area contributed by atoms with Gasteiger partial charge in [0, 0.05) is 27.8 Å². The van der Waals surface area contributed by atoms with E-state index in [0.29, 0.717) is 28.0 Å². The number of aryl methyl sites for hydroxylation is 1. The number of amides is 1. The second kappa shape index (κ2) is 9.35. The fourth-order valence-electron chi connectivity index (χ4n) is 3.06. The Morgan fingerprint density at radius 1 is 1.09 bits per heavy atom. The zero-order chi connectivity index (χ0) is 24.5. The predicted octanol–water partition coefficient (Wildman–Crippen LogP) is 6.72. The molecule has 0 aliphatic carbocycles. The van der Waals surface area contributed by atoms with Gasteiger partial charge in [-0.15, -0.1) is 11.3 Å². The summed E-state index contributed by atoms with van der Waals surface area (Å²) >= 11 is 6.85. The van der Waals surface area contributed by atoms with E-state index in [4.69, 9.17) is 11.6 Å². The van der Waals surface area contributed by atoms with Gasteiger partial charge in [0.2, 0.25) is 0 Å². The monoisotopic (exact) mass is 507 g/mol. The van der Waals surface area contributed by atoms with Gasteiger partial charge in [0.1, 0.15) is 23.1 Å². The molecule has 174 valence electrons. The van der Waals surface area contributed by atoms with Gasteiger partial charge in [-0.1, -0.05) is 17.7 Å². The minimum atomic E-state index is -4.83. The Morgan fingerprint density at radius 3 is 2.50 bits per heavy atom. The van der Waals surface area contributed by atoms with Crippen molar-refractivity contribution in [2.45, 2.75) is 13.1 Å². The van der Waals surface area contributed by atoms with Crippen molar-refractivity contribution in [1.29, 1.82) is 0 Å². The first-order valence-corrected chi connectivity index (χ1v) is 10.8. The van der Waals surface area contributed by atoms with E-state index in [9.17, 15) is 22.4 Å². The van der Waals surface area contributed by atoms with Gasteiger partial charge in [-0.2, -0.15) is 13.2 Å². The molecule has 0 spiro atoms. The van der Waals surface area contributed by atoms with Crippen LogP contribution in [0.25, 0.3) is 11.3 Å². The van der Waals surface area contributed by atoms with Gasteiger partial charge in [-0.3, -0.25) is 10.1 Å². The molecule has 4 aromatic rings. The molecule has 0 aliphatic rings. The quantitative estimate of drug-likeness (QED) is 0.232. The molecule has 0 aliphatic heterocycles. The largest absolute Gasteiger partial charge is 0.419 e. The number of thiazole rings is 1. The lowest BCUT2D eigenvalue weighted by atomic mass is 10.1. The summed E-state index contributed by atoms with van der Waals surface area (Å²) in [6.45, 7) is 1.59. The first-order valence-electron chi connectivity index (χ1n) is 9.61. The minimum absolute atomic E-state index is 0.0342. The highest BCUT2D eigenvalue weighted by Crippen LogP contribution is 2.38. The van der Waals surface area contributed by atoms with Crippen molar-refractivity contribution in [3.63, 3.8) is 0 Å². The van der Waals surface area contributed by atoms with E-state index in [0.717, 1.165) is 17.4 Å². The molecule has 0 saturated heterocycles. The lowest BCUT2D eigenvalue weighted by molar-refractivity contribution is -0.139. The summed E-state index contributed by atoms with van der Waals surface area (Å²) in [4.78, 5) is 25.0. The number of nitrogens with one attached hydrogen (secondary N) is 2. The number of alkyl halides is 3. The van der Waals surface area contributed by atoms with Crippen molar-refractivity contribution in [1.82, 2.24) is 15.0 Å². The number of hydrogen-bond donors (Lipinski definition) is 2. The van der Waals surface area contributed by atoms with Crippen LogP contribution in [-0.2, 0) is 6.18 Å². The van der Waals surface area contributed by atoms with Crippen molar-refractivity contribution in [3.05, 3.63) is 81.8 Å². The fourth-order valence-corrected chi connectivity index (χ4v) is 4.03. The summed E-state index contributed by atoms with van der Waals surface area (Å²) in [7, 11) is 0. The number of hydrogen-bond acceptors (Lipinski definition) is 6. The SMILES string of the molecule is Cc1sc(NC(=O)c2ccc(Nc3cc(Cl)ncn3)cc2)nc1-c1cccc(C(F)(F)F)c1F. The summed E-state index contributed by atoms with van der Waals surface area (Å²) < 4.78 is 53.7. The van der Waals surface area contributed by atoms with E-state index >= 15 is 0 Å². The van der Waals surface area contributed by atoms with E-state index < -0.39 is 23.5 Å². The molecule has 12 heteroatoms. The summed E-state index contributed by atoms with van der Waals surface area (Å²) in [5.74, 6) is -1.42. The second-order valence-electron chi connectivity index (χ2n) is 6.97. The highest BCUT2D eigenvalue weighted by atomic mass is 35.5. The first-order chi connectivity index (χ1) is 16.1. The van der Waals surface area contributed by atoms with Crippen molar-refractivity contribution >= 4 is 45.5 Å². The van der Waals surface area contributed by atoms with Crippen LogP contribution in [0.2, 0.25) is 5.15 Å². The Hall–Kier alpha value is -3.57. The van der Waals surface area contributed by atoms with Crippen LogP contribution in [0.4, 0.5) is 34.2 Å². The summed E-state index contributed by atoms with van der Waals surface area (Å²) in [5.41, 5.74) is -0.665. The number of nitrogens with zero attached hydrogens (tertiary/aromatic N) is 3. The molecule has 6 nitrogen and oxygen atoms in total. The van der Waals surface area contributed by atoms with E-state index in [1.165, 1.54) is 18.5 Å². The molecular formula is C22H14ClF4N5OS. The van der Waals surface area contributed by atoms with Crippen LogP contribution in [0.5, 0.6) is 0 Å². The Bertz CT molecular complexity index is 1360. The molecule has 2 aromatic heterocycles. The van der Waals surface area contributed by atoms with E-state index in [1.54, 1.807) is 31.2 Å². The zero-order valence-electron chi connectivity index (χ0n) is 17.2. The molecule has 0 atom stereocenters. The van der Waals surface area contributed by atoms with Crippen LogP contribution < -0.4 is 10.6 Å². The number of anilines is 3. The smallest absolute Gasteiger partial charge is 0.340 e. The Morgan fingerprint density at radius 2 is 1.82 bits per heavy atom. The average molecular weight is 508 g/mol. The number of carbonyl (C=O) groups excluding carboxylic acids is 1. The standard InChI is InChI=1S/C22H14ClF4N5OS/c1-11-19(14-3-2-4-15(18(14)24)22(25,26)27)31-21(34-11)32-20(33)12-5-7-13(8-6-12)30-17-9-16(23)28-10-29-17/h2-10H,1H3,(H,28,29,30)(H,31,32,33). The molecule has 0 bridgehead atoms. The highest BCUT2D eigenvalue weighted by Gasteiger charge is 2.35. The van der Waals surface area contributed by atoms with Gasteiger partial charge in [-0.05, 0) is 43.3 Å². The Kier molecular flexibility index (Phi) is 6.49. The molecule has 0 radical (unpaired) electrons. The first kappa shape index (κ1) is 23.6. The normalized spacial score (nSPS) is 11.4. The number of aromatic nitrogens is 3. The zero-order valence-corrected chi connectivity index (χ0v) is 18.8. The maximum atomic E-state index is 14.5. The molecule has 4 rings (SSSR count). The Balaban J connectivity index is 1.50. The van der Waals surface area contributed by atoms with Crippen molar-refractivity contribution in [2.75, 3.05) is 10.6 Å². The molecule has 1 amide bonds. The number of benzene rings is 2. The van der Waals surface area contributed by atoms with Crippen molar-refractivity contribution in [2.24, 2.45) is 0 Å². The summed E-state index contributed by atoms with van der Waals surface area (Å²) in [6.07, 6.45) is -3.52. The lowest BCUT2D eigenvalue weighted by Crippen LogP contribution is -2.11. The van der Waals surface area contributed by atoms with E-state index in [-0.39, 0.29) is 21.5 Å². The van der Waals surface area contributed by atoms with Crippen LogP contribution in [0.15, 0.2) is 54.9 Å². The second-order valence-corrected chi connectivity index (χ2v) is 8.56. The average Bonchev–Trinajstić information content (AvgIpc) is 3.13. The maximum absolute atomic E-state index is 14.5. The van der Waals surface area contributed by atoms with E-state index in [1.807, 2.05) is 0 Å². The van der Waals surface area contributed by atoms with Crippen LogP contribution in [0.3, 0.4) is 0 Å². The summed E-state index contributed by atoms with van der Waals surface area (Å²) in [6, 6.07) is 11.0. The molecule has 0 fully saturated rings. The van der Waals surface area contributed by atoms with Gasteiger partial charge in [0.05, 0.1) is 11.3 Å². The summed E-state index contributed by atoms with van der Waals surface area (Å²) in [5, 5.41) is 6.02. The molecule has 0 saturated carbocycles. The van der Waals surface area contributed by atoms with Crippen LogP contribution in [0, 0.1) is 12.7 Å². The van der Waals surface area contributed by atoms with Gasteiger partial charge < -0.3 is 5.32 Å².